The van der Waals surface area contributed by atoms with Crippen molar-refractivity contribution in [2.45, 2.75) is 88.5 Å². The third kappa shape index (κ3) is 25.8. The summed E-state index contributed by atoms with van der Waals surface area (Å²) in [5.74, 6) is 0. The highest BCUT2D eigenvalue weighted by atomic mass is 14.0. The SMILES string of the molecule is CC.CC.CC.CCC.CCc1ccccc1.Cc1ccccc1.c1ccc(Cc2ccccc2)cc1. The van der Waals surface area contributed by atoms with Crippen LogP contribution in [0.25, 0.3) is 0 Å². The van der Waals surface area contributed by atoms with E-state index in [2.05, 4.69) is 125 Å². The molecule has 0 saturated carbocycles. The van der Waals surface area contributed by atoms with E-state index < -0.39 is 0 Å². The Labute approximate surface area is 231 Å². The number of hydrogen-bond donors (Lipinski definition) is 0. The van der Waals surface area contributed by atoms with Crippen molar-refractivity contribution in [1.82, 2.24) is 0 Å². The summed E-state index contributed by atoms with van der Waals surface area (Å²) in [7, 11) is 0. The van der Waals surface area contributed by atoms with Gasteiger partial charge in [0, 0.05) is 0 Å². The first-order valence-corrected chi connectivity index (χ1v) is 14.3. The van der Waals surface area contributed by atoms with Crippen LogP contribution >= 0.6 is 0 Å². The van der Waals surface area contributed by atoms with Crippen molar-refractivity contribution < 1.29 is 0 Å². The average molecular weight is 501 g/mol. The van der Waals surface area contributed by atoms with Crippen LogP contribution in [0, 0.1) is 6.92 Å². The van der Waals surface area contributed by atoms with E-state index in [0.717, 1.165) is 12.8 Å². The molecule has 0 fully saturated rings. The predicted octanol–water partition coefficient (Wildman–Crippen LogP) is 12.0. The van der Waals surface area contributed by atoms with Gasteiger partial charge in [-0.1, -0.05) is 196 Å². The predicted molar refractivity (Wildman–Crippen MR) is 173 cm³/mol. The Morgan fingerprint density at radius 2 is 0.622 bits per heavy atom. The second kappa shape index (κ2) is 32.9. The fourth-order valence-electron chi connectivity index (χ4n) is 2.68. The molecule has 0 aliphatic rings. The quantitative estimate of drug-likeness (QED) is 0.262. The molecule has 0 nitrogen and oxygen atoms in total. The minimum Gasteiger partial charge on any atom is -0.0683 e. The molecule has 0 unspecified atom stereocenters. The highest BCUT2D eigenvalue weighted by Crippen LogP contribution is 2.07. The summed E-state index contributed by atoms with van der Waals surface area (Å²) in [4.78, 5) is 0. The van der Waals surface area contributed by atoms with Gasteiger partial charge in [0.05, 0.1) is 0 Å². The van der Waals surface area contributed by atoms with Crippen LogP contribution < -0.4 is 0 Å². The smallest absolute Gasteiger partial charge is 0.00258 e. The molecule has 0 bridgehead atoms. The van der Waals surface area contributed by atoms with E-state index in [-0.39, 0.29) is 0 Å². The Morgan fingerprint density at radius 3 is 0.811 bits per heavy atom. The first kappa shape index (κ1) is 38.4. The fraction of sp³-hybridized carbons (Fsp3) is 0.351. The summed E-state index contributed by atoms with van der Waals surface area (Å²) in [6.07, 6.45) is 3.42. The van der Waals surface area contributed by atoms with Gasteiger partial charge in [0.2, 0.25) is 0 Å². The first-order valence-electron chi connectivity index (χ1n) is 14.3. The number of hydrogen-bond acceptors (Lipinski definition) is 0. The van der Waals surface area contributed by atoms with E-state index in [1.165, 1.54) is 28.7 Å². The van der Waals surface area contributed by atoms with Crippen LogP contribution in [0.15, 0.2) is 121 Å². The summed E-state index contributed by atoms with van der Waals surface area (Å²) < 4.78 is 0. The van der Waals surface area contributed by atoms with Crippen LogP contribution in [0.2, 0.25) is 0 Å². The molecule has 0 heteroatoms. The molecule has 0 amide bonds. The lowest BCUT2D eigenvalue weighted by Gasteiger charge is -2.00. The van der Waals surface area contributed by atoms with E-state index in [0.29, 0.717) is 0 Å². The molecule has 0 saturated heterocycles. The van der Waals surface area contributed by atoms with Gasteiger partial charge in [-0.05, 0) is 36.5 Å². The molecule has 0 radical (unpaired) electrons. The molecule has 204 valence electrons. The molecule has 0 spiro atoms. The monoisotopic (exact) mass is 500 g/mol. The lowest BCUT2D eigenvalue weighted by atomic mass is 10.1. The minimum absolute atomic E-state index is 1.03. The largest absolute Gasteiger partial charge is 0.0683 e. The van der Waals surface area contributed by atoms with Gasteiger partial charge in [0.15, 0.2) is 0 Å². The molecule has 0 N–H and O–H groups in total. The van der Waals surface area contributed by atoms with Crippen molar-refractivity contribution in [2.75, 3.05) is 0 Å². The summed E-state index contributed by atoms with van der Waals surface area (Å²) >= 11 is 0. The van der Waals surface area contributed by atoms with Gasteiger partial charge in [0.1, 0.15) is 0 Å². The normalized spacial score (nSPS) is 8.05. The van der Waals surface area contributed by atoms with Gasteiger partial charge in [-0.15, -0.1) is 0 Å². The Kier molecular flexibility index (Phi) is 34.1. The van der Waals surface area contributed by atoms with Gasteiger partial charge in [-0.3, -0.25) is 0 Å². The summed E-state index contributed by atoms with van der Waals surface area (Å²) in [6, 6.07) is 41.8. The zero-order valence-corrected chi connectivity index (χ0v) is 25.7. The van der Waals surface area contributed by atoms with E-state index in [1.807, 2.05) is 65.8 Å². The Bertz CT molecular complexity index is 829. The third-order valence-corrected chi connectivity index (χ3v) is 4.29. The topological polar surface area (TPSA) is 0 Å². The van der Waals surface area contributed by atoms with Gasteiger partial charge < -0.3 is 0 Å². The fourth-order valence-corrected chi connectivity index (χ4v) is 2.68. The molecule has 37 heavy (non-hydrogen) atoms. The minimum atomic E-state index is 1.03. The maximum absolute atomic E-state index is 2.16. The van der Waals surface area contributed by atoms with E-state index >= 15 is 0 Å². The second-order valence-corrected chi connectivity index (χ2v) is 7.35. The van der Waals surface area contributed by atoms with Crippen molar-refractivity contribution in [3.63, 3.8) is 0 Å². The van der Waals surface area contributed by atoms with Crippen LogP contribution in [-0.4, -0.2) is 0 Å². The van der Waals surface area contributed by atoms with E-state index in [4.69, 9.17) is 0 Å². The summed E-state index contributed by atoms with van der Waals surface area (Å²) in [5.41, 5.74) is 5.47. The Morgan fingerprint density at radius 1 is 0.378 bits per heavy atom. The van der Waals surface area contributed by atoms with Crippen molar-refractivity contribution in [3.8, 4) is 0 Å². The summed E-state index contributed by atoms with van der Waals surface area (Å²) in [5, 5.41) is 0. The first-order chi connectivity index (χ1) is 18.2. The number of benzene rings is 4. The molecule has 4 aromatic rings. The Balaban J connectivity index is -0.000000421. The van der Waals surface area contributed by atoms with E-state index in [9.17, 15) is 0 Å². The maximum atomic E-state index is 2.16. The maximum Gasteiger partial charge on any atom is -0.00258 e. The van der Waals surface area contributed by atoms with Crippen molar-refractivity contribution in [3.05, 3.63) is 144 Å². The Hall–Kier alpha value is -3.12. The summed E-state index contributed by atoms with van der Waals surface area (Å²) in [6.45, 7) is 20.5. The molecule has 0 atom stereocenters. The number of aryl methyl sites for hydroxylation is 2. The average Bonchev–Trinajstić information content (AvgIpc) is 2.99. The van der Waals surface area contributed by atoms with Gasteiger partial charge in [-0.2, -0.15) is 0 Å². The molecule has 0 aromatic heterocycles. The highest BCUT2D eigenvalue weighted by Gasteiger charge is 1.92. The molecule has 0 aliphatic carbocycles. The van der Waals surface area contributed by atoms with Crippen LogP contribution in [-0.2, 0) is 12.8 Å². The lowest BCUT2D eigenvalue weighted by molar-refractivity contribution is 1.09. The molecule has 0 aliphatic heterocycles. The van der Waals surface area contributed by atoms with E-state index in [1.54, 1.807) is 0 Å². The van der Waals surface area contributed by atoms with Crippen LogP contribution in [0.4, 0.5) is 0 Å². The standard InChI is InChI=1S/C13H12.C8H10.C7H8.C3H8.3C2H6/c1-3-7-12(8-4-1)11-13-9-5-2-6-10-13;1-2-8-6-4-3-5-7-8;1-7-5-3-2-4-6-7;1-3-2;3*1-2/h1-10H,11H2;3-7H,2H2,1H3;2-6H,1H3;3H2,1-2H3;3*1-2H3. The van der Waals surface area contributed by atoms with Gasteiger partial charge in [0.25, 0.3) is 0 Å². The van der Waals surface area contributed by atoms with Crippen molar-refractivity contribution >= 4 is 0 Å². The highest BCUT2D eigenvalue weighted by molar-refractivity contribution is 5.25. The van der Waals surface area contributed by atoms with Crippen LogP contribution in [0.1, 0.15) is 91.0 Å². The molecule has 4 rings (SSSR count). The molecular weight excluding hydrogens is 444 g/mol. The molecular formula is C37H56. The molecule has 0 heterocycles. The van der Waals surface area contributed by atoms with Crippen molar-refractivity contribution in [1.29, 1.82) is 0 Å². The van der Waals surface area contributed by atoms with Crippen LogP contribution in [0.5, 0.6) is 0 Å². The second-order valence-electron chi connectivity index (χ2n) is 7.35. The van der Waals surface area contributed by atoms with Crippen LogP contribution in [0.3, 0.4) is 0 Å². The van der Waals surface area contributed by atoms with Crippen molar-refractivity contribution in [2.24, 2.45) is 0 Å². The van der Waals surface area contributed by atoms with Gasteiger partial charge in [-0.25, -0.2) is 0 Å². The zero-order valence-electron chi connectivity index (χ0n) is 25.7. The molecule has 4 aromatic carbocycles. The number of rotatable bonds is 3. The lowest BCUT2D eigenvalue weighted by Crippen LogP contribution is -1.85. The van der Waals surface area contributed by atoms with Gasteiger partial charge >= 0.3 is 0 Å². The third-order valence-electron chi connectivity index (χ3n) is 4.29. The zero-order chi connectivity index (χ0) is 28.6.